The topological polar surface area (TPSA) is 118 Å². The second-order valence-corrected chi connectivity index (χ2v) is 8.54. The van der Waals surface area contributed by atoms with Crippen LogP contribution in [0.25, 0.3) is 0 Å². The molecule has 2 rings (SSSR count). The van der Waals surface area contributed by atoms with Crippen molar-refractivity contribution < 1.29 is 19.1 Å². The lowest BCUT2D eigenvalue weighted by Crippen LogP contribution is -2.29. The highest BCUT2D eigenvalue weighted by Crippen LogP contribution is 2.29. The summed E-state index contributed by atoms with van der Waals surface area (Å²) in [4.78, 5) is 30.3. The molecule has 1 aromatic heterocycles. The van der Waals surface area contributed by atoms with Crippen molar-refractivity contribution in [3.63, 3.8) is 0 Å². The van der Waals surface area contributed by atoms with E-state index in [9.17, 15) is 9.59 Å². The SMILES string of the molecule is CCCCN=C(C(=NNc1n[nH]c(C(C)(C)C)c1C(=O)OCC)C(=O)OCC)c1ccccc1. The molecular formula is C25H35N5O4. The highest BCUT2D eigenvalue weighted by Gasteiger charge is 2.30. The van der Waals surface area contributed by atoms with E-state index in [1.807, 2.05) is 51.1 Å². The van der Waals surface area contributed by atoms with Gasteiger partial charge in [0.2, 0.25) is 0 Å². The average Bonchev–Trinajstić information content (AvgIpc) is 3.24. The maximum absolute atomic E-state index is 12.9. The van der Waals surface area contributed by atoms with Crippen LogP contribution in [0.4, 0.5) is 5.82 Å². The first-order chi connectivity index (χ1) is 16.2. The number of anilines is 1. The van der Waals surface area contributed by atoms with Gasteiger partial charge in [-0.25, -0.2) is 9.59 Å². The summed E-state index contributed by atoms with van der Waals surface area (Å²) in [6.45, 7) is 12.3. The van der Waals surface area contributed by atoms with Crippen LogP contribution in [-0.4, -0.2) is 53.3 Å². The first-order valence-corrected chi connectivity index (χ1v) is 11.6. The molecule has 9 heteroatoms. The van der Waals surface area contributed by atoms with Crippen molar-refractivity contribution in [1.29, 1.82) is 0 Å². The van der Waals surface area contributed by atoms with Crippen molar-refractivity contribution in [1.82, 2.24) is 10.2 Å². The number of aromatic amines is 1. The van der Waals surface area contributed by atoms with Crippen molar-refractivity contribution in [2.24, 2.45) is 10.1 Å². The highest BCUT2D eigenvalue weighted by molar-refractivity contribution is 6.69. The smallest absolute Gasteiger partial charge is 0.361 e. The molecule has 1 aromatic carbocycles. The van der Waals surface area contributed by atoms with Crippen molar-refractivity contribution in [2.75, 3.05) is 25.2 Å². The number of unbranched alkanes of at least 4 members (excludes halogenated alkanes) is 1. The van der Waals surface area contributed by atoms with Crippen molar-refractivity contribution >= 4 is 29.2 Å². The molecule has 0 fully saturated rings. The Morgan fingerprint density at radius 3 is 2.32 bits per heavy atom. The number of aromatic nitrogens is 2. The van der Waals surface area contributed by atoms with Crippen LogP contribution in [0.15, 0.2) is 40.4 Å². The van der Waals surface area contributed by atoms with Crippen LogP contribution in [-0.2, 0) is 19.7 Å². The van der Waals surface area contributed by atoms with Gasteiger partial charge in [-0.2, -0.15) is 10.2 Å². The zero-order valence-corrected chi connectivity index (χ0v) is 20.9. The van der Waals surface area contributed by atoms with Crippen LogP contribution >= 0.6 is 0 Å². The third-order valence-electron chi connectivity index (χ3n) is 4.79. The van der Waals surface area contributed by atoms with Gasteiger partial charge in [0.25, 0.3) is 0 Å². The summed E-state index contributed by atoms with van der Waals surface area (Å²) in [7, 11) is 0. The largest absolute Gasteiger partial charge is 0.462 e. The average molecular weight is 470 g/mol. The normalized spacial score (nSPS) is 12.4. The lowest BCUT2D eigenvalue weighted by molar-refractivity contribution is -0.134. The molecule has 2 aromatic rings. The van der Waals surface area contributed by atoms with Crippen molar-refractivity contribution in [3.05, 3.63) is 47.2 Å². The molecular weight excluding hydrogens is 434 g/mol. The summed E-state index contributed by atoms with van der Waals surface area (Å²) in [5.74, 6) is -0.999. The molecule has 0 unspecified atom stereocenters. The van der Waals surface area contributed by atoms with Crippen molar-refractivity contribution in [3.8, 4) is 0 Å². The maximum Gasteiger partial charge on any atom is 0.361 e. The first kappa shape index (κ1) is 26.8. The van der Waals surface area contributed by atoms with Crippen LogP contribution in [0.3, 0.4) is 0 Å². The van der Waals surface area contributed by atoms with E-state index < -0.39 is 17.4 Å². The number of H-pyrrole nitrogens is 1. The maximum atomic E-state index is 12.9. The molecule has 0 saturated heterocycles. The number of benzene rings is 1. The molecule has 184 valence electrons. The molecule has 0 radical (unpaired) electrons. The van der Waals surface area contributed by atoms with Gasteiger partial charge in [-0.1, -0.05) is 64.4 Å². The number of rotatable bonds is 11. The van der Waals surface area contributed by atoms with Gasteiger partial charge in [0.05, 0.1) is 24.6 Å². The van der Waals surface area contributed by atoms with Gasteiger partial charge in [0.15, 0.2) is 11.5 Å². The molecule has 0 spiro atoms. The molecule has 0 amide bonds. The zero-order valence-electron chi connectivity index (χ0n) is 20.9. The number of carbonyl (C=O) groups excluding carboxylic acids is 2. The second-order valence-electron chi connectivity index (χ2n) is 8.54. The van der Waals surface area contributed by atoms with E-state index in [-0.39, 0.29) is 30.3 Å². The second kappa shape index (κ2) is 12.7. The number of esters is 2. The minimum absolute atomic E-state index is 0.000675. The molecule has 0 aliphatic carbocycles. The van der Waals surface area contributed by atoms with Crippen LogP contribution < -0.4 is 5.43 Å². The fourth-order valence-corrected chi connectivity index (χ4v) is 3.12. The summed E-state index contributed by atoms with van der Waals surface area (Å²) in [6, 6.07) is 9.33. The summed E-state index contributed by atoms with van der Waals surface area (Å²) < 4.78 is 10.5. The Hall–Kier alpha value is -3.49. The Kier molecular flexibility index (Phi) is 9.97. The van der Waals surface area contributed by atoms with Gasteiger partial charge in [0, 0.05) is 17.5 Å². The Bertz CT molecular complexity index is 1020. The number of hydrazone groups is 1. The minimum Gasteiger partial charge on any atom is -0.462 e. The summed E-state index contributed by atoms with van der Waals surface area (Å²) in [5, 5.41) is 11.5. The molecule has 9 nitrogen and oxygen atoms in total. The number of nitrogens with one attached hydrogen (secondary N) is 2. The molecule has 2 N–H and O–H groups in total. The molecule has 0 aliphatic rings. The predicted molar refractivity (Wildman–Crippen MR) is 134 cm³/mol. The Morgan fingerprint density at radius 2 is 1.74 bits per heavy atom. The Morgan fingerprint density at radius 1 is 1.06 bits per heavy atom. The number of nitrogens with zero attached hydrogens (tertiary/aromatic N) is 3. The lowest BCUT2D eigenvalue weighted by atomic mass is 9.89. The number of hydrogen-bond donors (Lipinski definition) is 2. The number of aliphatic imine (C=N–C) groups is 1. The summed E-state index contributed by atoms with van der Waals surface area (Å²) in [5.41, 5.74) is 4.36. The molecule has 34 heavy (non-hydrogen) atoms. The van der Waals surface area contributed by atoms with Crippen LogP contribution in [0, 0.1) is 0 Å². The minimum atomic E-state index is -0.627. The zero-order chi connectivity index (χ0) is 25.1. The van der Waals surface area contributed by atoms with E-state index in [2.05, 4.69) is 32.6 Å². The fourth-order valence-electron chi connectivity index (χ4n) is 3.12. The third-order valence-corrected chi connectivity index (χ3v) is 4.79. The van der Waals surface area contributed by atoms with E-state index in [1.54, 1.807) is 13.8 Å². The van der Waals surface area contributed by atoms with Gasteiger partial charge in [-0.15, -0.1) is 0 Å². The summed E-state index contributed by atoms with van der Waals surface area (Å²) >= 11 is 0. The Balaban J connectivity index is 2.57. The van der Waals surface area contributed by atoms with Crippen LogP contribution in [0.5, 0.6) is 0 Å². The number of hydrogen-bond acceptors (Lipinski definition) is 8. The highest BCUT2D eigenvalue weighted by atomic mass is 16.5. The molecule has 0 aliphatic heterocycles. The summed E-state index contributed by atoms with van der Waals surface area (Å²) in [6.07, 6.45) is 1.82. The van der Waals surface area contributed by atoms with E-state index in [0.717, 1.165) is 18.4 Å². The number of carbonyl (C=O) groups is 2. The predicted octanol–water partition coefficient (Wildman–Crippen LogP) is 4.50. The standard InChI is InChI=1S/C25H35N5O4/c1-7-10-16-26-19(17-14-12-11-13-15-17)20(24(32)34-9-3)27-29-22-18(23(31)33-8-2)21(28-30-22)25(4,5)6/h11-15H,7-10,16H2,1-6H3,(H2,28,29,30). The van der Waals surface area contributed by atoms with Gasteiger partial charge < -0.3 is 9.47 Å². The van der Waals surface area contributed by atoms with E-state index in [4.69, 9.17) is 9.47 Å². The van der Waals surface area contributed by atoms with Crippen molar-refractivity contribution in [2.45, 2.75) is 59.8 Å². The number of ether oxygens (including phenoxy) is 2. The molecule has 0 bridgehead atoms. The van der Waals surface area contributed by atoms with Gasteiger partial charge in [0.1, 0.15) is 5.56 Å². The Labute approximate surface area is 201 Å². The fraction of sp³-hybridized carbons (Fsp3) is 0.480. The third kappa shape index (κ3) is 7.00. The quantitative estimate of drug-likeness (QED) is 0.216. The van der Waals surface area contributed by atoms with Crippen LogP contribution in [0.1, 0.15) is 76.0 Å². The van der Waals surface area contributed by atoms with E-state index in [0.29, 0.717) is 18.0 Å². The van der Waals surface area contributed by atoms with Crippen LogP contribution in [0.2, 0.25) is 0 Å². The van der Waals surface area contributed by atoms with Gasteiger partial charge in [-0.05, 0) is 20.3 Å². The molecule has 0 saturated carbocycles. The van der Waals surface area contributed by atoms with E-state index >= 15 is 0 Å². The first-order valence-electron chi connectivity index (χ1n) is 11.6. The molecule has 1 heterocycles. The molecule has 0 atom stereocenters. The monoisotopic (exact) mass is 469 g/mol. The van der Waals surface area contributed by atoms with E-state index in [1.165, 1.54) is 0 Å². The van der Waals surface area contributed by atoms with Gasteiger partial charge >= 0.3 is 11.9 Å². The van der Waals surface area contributed by atoms with Gasteiger partial charge in [-0.3, -0.25) is 15.5 Å². The lowest BCUT2D eigenvalue weighted by Gasteiger charge is -2.18.